The highest BCUT2D eigenvalue weighted by Gasteiger charge is 1.97. The van der Waals surface area contributed by atoms with Gasteiger partial charge in [-0.15, -0.1) is 12.4 Å². The molecule has 3 N–H and O–H groups in total. The van der Waals surface area contributed by atoms with Crippen LogP contribution < -0.4 is 11.1 Å². The van der Waals surface area contributed by atoms with Crippen LogP contribution in [0, 0.1) is 5.82 Å². The largest absolute Gasteiger partial charge is 0.351 e. The highest BCUT2D eigenvalue weighted by Crippen LogP contribution is 2.01. The third-order valence-electron chi connectivity index (χ3n) is 1.59. The van der Waals surface area contributed by atoms with E-state index in [1.165, 1.54) is 12.1 Å². The number of hydrogen-bond acceptors (Lipinski definition) is 2. The van der Waals surface area contributed by atoms with E-state index in [0.717, 1.165) is 5.56 Å². The minimum absolute atomic E-state index is 0. The number of rotatable bonds is 3. The minimum Gasteiger partial charge on any atom is -0.351 e. The summed E-state index contributed by atoms with van der Waals surface area (Å²) in [6.07, 6.45) is 0. The lowest BCUT2D eigenvalue weighted by Crippen LogP contribution is -2.29. The van der Waals surface area contributed by atoms with Gasteiger partial charge in [-0.1, -0.05) is 12.1 Å². The normalized spacial score (nSPS) is 9.00. The molecule has 0 aliphatic carbocycles. The van der Waals surface area contributed by atoms with Gasteiger partial charge in [-0.05, 0) is 17.7 Å². The van der Waals surface area contributed by atoms with Crippen LogP contribution in [0.4, 0.5) is 4.39 Å². The van der Waals surface area contributed by atoms with Gasteiger partial charge < -0.3 is 11.1 Å². The standard InChI is InChI=1S/C9H11FN2O.ClH/c10-8-3-1-7(2-4-8)6-12-9(13)5-11;/h1-4H,5-6,11H2,(H,12,13);1H. The van der Waals surface area contributed by atoms with E-state index in [0.29, 0.717) is 6.54 Å². The molecule has 0 bridgehead atoms. The molecule has 78 valence electrons. The third-order valence-corrected chi connectivity index (χ3v) is 1.59. The molecule has 0 fully saturated rings. The summed E-state index contributed by atoms with van der Waals surface area (Å²) in [7, 11) is 0. The first-order valence-corrected chi connectivity index (χ1v) is 3.93. The van der Waals surface area contributed by atoms with Crippen molar-refractivity contribution in [2.75, 3.05) is 6.54 Å². The highest BCUT2D eigenvalue weighted by molar-refractivity contribution is 5.85. The van der Waals surface area contributed by atoms with Gasteiger partial charge in [-0.2, -0.15) is 0 Å². The summed E-state index contributed by atoms with van der Waals surface area (Å²) in [5.74, 6) is -0.502. The first kappa shape index (κ1) is 12.9. The lowest BCUT2D eigenvalue weighted by molar-refractivity contribution is -0.119. The van der Waals surface area contributed by atoms with Crippen molar-refractivity contribution in [3.05, 3.63) is 35.6 Å². The Labute approximate surface area is 87.9 Å². The summed E-state index contributed by atoms with van der Waals surface area (Å²) in [5, 5.41) is 2.58. The van der Waals surface area contributed by atoms with E-state index < -0.39 is 0 Å². The van der Waals surface area contributed by atoms with Gasteiger partial charge in [0.2, 0.25) is 5.91 Å². The Balaban J connectivity index is 0.00000169. The van der Waals surface area contributed by atoms with Gasteiger partial charge in [-0.3, -0.25) is 4.79 Å². The number of benzene rings is 1. The molecular weight excluding hydrogens is 207 g/mol. The molecule has 0 radical (unpaired) electrons. The lowest BCUT2D eigenvalue weighted by atomic mass is 10.2. The number of carbonyl (C=O) groups is 1. The number of nitrogens with one attached hydrogen (secondary N) is 1. The molecule has 1 aromatic carbocycles. The minimum atomic E-state index is -0.283. The molecule has 5 heteroatoms. The van der Waals surface area contributed by atoms with E-state index in [-0.39, 0.29) is 30.7 Å². The smallest absolute Gasteiger partial charge is 0.234 e. The molecule has 0 aliphatic heterocycles. The summed E-state index contributed by atoms with van der Waals surface area (Å²) in [6.45, 7) is 0.359. The molecule has 0 unspecified atom stereocenters. The maximum Gasteiger partial charge on any atom is 0.234 e. The number of amides is 1. The predicted molar refractivity (Wildman–Crippen MR) is 54.5 cm³/mol. The van der Waals surface area contributed by atoms with E-state index in [2.05, 4.69) is 5.32 Å². The topological polar surface area (TPSA) is 55.1 Å². The maximum atomic E-state index is 12.4. The van der Waals surface area contributed by atoms with E-state index in [1.54, 1.807) is 12.1 Å². The second-order valence-electron chi connectivity index (χ2n) is 2.61. The van der Waals surface area contributed by atoms with Gasteiger partial charge in [0.05, 0.1) is 6.54 Å². The highest BCUT2D eigenvalue weighted by atomic mass is 35.5. The van der Waals surface area contributed by atoms with Gasteiger partial charge in [0.1, 0.15) is 5.82 Å². The van der Waals surface area contributed by atoms with E-state index in [9.17, 15) is 9.18 Å². The monoisotopic (exact) mass is 218 g/mol. The van der Waals surface area contributed by atoms with Crippen molar-refractivity contribution in [2.24, 2.45) is 5.73 Å². The van der Waals surface area contributed by atoms with Gasteiger partial charge >= 0.3 is 0 Å². The predicted octanol–water partition coefficient (Wildman–Crippen LogP) is 0.822. The van der Waals surface area contributed by atoms with Crippen LogP contribution in [0.25, 0.3) is 0 Å². The molecule has 0 saturated carbocycles. The Kier molecular flexibility index (Phi) is 5.83. The molecule has 0 aliphatic rings. The molecule has 1 rings (SSSR count). The number of carbonyl (C=O) groups excluding carboxylic acids is 1. The summed E-state index contributed by atoms with van der Waals surface area (Å²) in [4.78, 5) is 10.7. The Bertz CT molecular complexity index is 289. The van der Waals surface area contributed by atoms with Crippen LogP contribution in [0.3, 0.4) is 0 Å². The van der Waals surface area contributed by atoms with E-state index in [1.807, 2.05) is 0 Å². The second kappa shape index (κ2) is 6.34. The van der Waals surface area contributed by atoms with Crippen molar-refractivity contribution >= 4 is 18.3 Å². The average Bonchev–Trinajstić information content (AvgIpc) is 2.16. The molecular formula is C9H12ClFN2O. The zero-order valence-corrected chi connectivity index (χ0v) is 8.31. The molecule has 14 heavy (non-hydrogen) atoms. The van der Waals surface area contributed by atoms with Crippen LogP contribution in [-0.4, -0.2) is 12.5 Å². The van der Waals surface area contributed by atoms with Crippen molar-refractivity contribution < 1.29 is 9.18 Å². The van der Waals surface area contributed by atoms with Crippen molar-refractivity contribution in [3.63, 3.8) is 0 Å². The number of nitrogens with two attached hydrogens (primary N) is 1. The summed E-state index contributed by atoms with van der Waals surface area (Å²) in [6, 6.07) is 5.94. The van der Waals surface area contributed by atoms with Crippen molar-refractivity contribution in [1.82, 2.24) is 5.32 Å². The van der Waals surface area contributed by atoms with Crippen LogP contribution >= 0.6 is 12.4 Å². The molecule has 0 aromatic heterocycles. The van der Waals surface area contributed by atoms with Gasteiger partial charge in [-0.25, -0.2) is 4.39 Å². The van der Waals surface area contributed by atoms with E-state index >= 15 is 0 Å². The van der Waals surface area contributed by atoms with Gasteiger partial charge in [0.15, 0.2) is 0 Å². The Morgan fingerprint density at radius 1 is 1.36 bits per heavy atom. The Morgan fingerprint density at radius 2 is 1.93 bits per heavy atom. The SMILES string of the molecule is Cl.NCC(=O)NCc1ccc(F)cc1. The quantitative estimate of drug-likeness (QED) is 0.790. The average molecular weight is 219 g/mol. The molecule has 0 spiro atoms. The van der Waals surface area contributed by atoms with Crippen molar-refractivity contribution in [3.8, 4) is 0 Å². The van der Waals surface area contributed by atoms with Crippen LogP contribution in [0.2, 0.25) is 0 Å². The molecule has 1 aromatic rings. The number of halogens is 2. The summed E-state index contributed by atoms with van der Waals surface area (Å²) in [5.41, 5.74) is 5.94. The zero-order chi connectivity index (χ0) is 9.68. The Hall–Kier alpha value is -1.13. The Morgan fingerprint density at radius 3 is 2.43 bits per heavy atom. The first-order valence-electron chi connectivity index (χ1n) is 3.93. The fourth-order valence-electron chi connectivity index (χ4n) is 0.875. The van der Waals surface area contributed by atoms with Crippen LogP contribution in [-0.2, 0) is 11.3 Å². The van der Waals surface area contributed by atoms with Crippen LogP contribution in [0.15, 0.2) is 24.3 Å². The molecule has 0 heterocycles. The van der Waals surface area contributed by atoms with Crippen molar-refractivity contribution in [1.29, 1.82) is 0 Å². The fourth-order valence-corrected chi connectivity index (χ4v) is 0.875. The molecule has 0 atom stereocenters. The second-order valence-corrected chi connectivity index (χ2v) is 2.61. The maximum absolute atomic E-state index is 12.4. The van der Waals surface area contributed by atoms with Crippen LogP contribution in [0.5, 0.6) is 0 Å². The molecule has 0 saturated heterocycles. The van der Waals surface area contributed by atoms with E-state index in [4.69, 9.17) is 5.73 Å². The summed E-state index contributed by atoms with van der Waals surface area (Å²) >= 11 is 0. The lowest BCUT2D eigenvalue weighted by Gasteiger charge is -2.02. The van der Waals surface area contributed by atoms with Crippen molar-refractivity contribution in [2.45, 2.75) is 6.54 Å². The van der Waals surface area contributed by atoms with Gasteiger partial charge in [0, 0.05) is 6.54 Å². The molecule has 3 nitrogen and oxygen atoms in total. The van der Waals surface area contributed by atoms with Gasteiger partial charge in [0.25, 0.3) is 0 Å². The summed E-state index contributed by atoms with van der Waals surface area (Å²) < 4.78 is 12.4. The zero-order valence-electron chi connectivity index (χ0n) is 7.50. The first-order chi connectivity index (χ1) is 6.22. The molecule has 1 amide bonds. The fraction of sp³-hybridized carbons (Fsp3) is 0.222. The third kappa shape index (κ3) is 4.20. The number of hydrogen-bond donors (Lipinski definition) is 2. The van der Waals surface area contributed by atoms with Crippen LogP contribution in [0.1, 0.15) is 5.56 Å².